The molecule has 0 unspecified atom stereocenters. The van der Waals surface area contributed by atoms with Crippen LogP contribution in [-0.4, -0.2) is 20.2 Å². The quantitative estimate of drug-likeness (QED) is 0.941. The third-order valence-electron chi connectivity index (χ3n) is 3.56. The molecule has 5 nitrogen and oxygen atoms in total. The molecule has 0 spiro atoms. The predicted octanol–water partition coefficient (Wildman–Crippen LogP) is 2.77. The fourth-order valence-electron chi connectivity index (χ4n) is 2.46. The molecule has 2 aromatic rings. The lowest BCUT2D eigenvalue weighted by Crippen LogP contribution is -2.12. The summed E-state index contributed by atoms with van der Waals surface area (Å²) in [6, 6.07) is 1.13. The third kappa shape index (κ3) is 3.01. The maximum Gasteiger partial charge on any atom is 0.317 e. The Kier molecular flexibility index (Phi) is 3.57. The van der Waals surface area contributed by atoms with E-state index in [0.717, 1.165) is 44.0 Å². The van der Waals surface area contributed by atoms with Gasteiger partial charge < -0.3 is 4.74 Å². The van der Waals surface area contributed by atoms with Crippen molar-refractivity contribution in [1.29, 1.82) is 0 Å². The molecule has 0 aliphatic heterocycles. The Balaban J connectivity index is 1.72. The van der Waals surface area contributed by atoms with Gasteiger partial charge >= 0.3 is 6.01 Å². The average Bonchev–Trinajstić information content (AvgIpc) is 2.88. The Bertz CT molecular complexity index is 636. The number of rotatable bonds is 4. The zero-order chi connectivity index (χ0) is 14.9. The zero-order valence-electron chi connectivity index (χ0n) is 11.7. The number of nitrogens with one attached hydrogen (secondary N) is 1. The van der Waals surface area contributed by atoms with E-state index in [0.29, 0.717) is 0 Å². The second kappa shape index (κ2) is 5.38. The Morgan fingerprint density at radius 1 is 1.33 bits per heavy atom. The van der Waals surface area contributed by atoms with Crippen LogP contribution in [0.3, 0.4) is 0 Å². The van der Waals surface area contributed by atoms with Crippen molar-refractivity contribution in [3.8, 4) is 6.01 Å². The number of fused-ring (bicyclic) bond motifs is 1. The van der Waals surface area contributed by atoms with Crippen LogP contribution in [0.4, 0.5) is 8.78 Å². The minimum absolute atomic E-state index is 0.0541. The lowest BCUT2D eigenvalue weighted by Gasteiger charge is -2.12. The summed E-state index contributed by atoms with van der Waals surface area (Å²) in [6.45, 7) is 0.980. The molecule has 2 heterocycles. The molecule has 0 atom stereocenters. The first-order chi connectivity index (χ1) is 10.0. The van der Waals surface area contributed by atoms with Crippen LogP contribution >= 0.6 is 0 Å². The standard InChI is InChI=1S/C14H16F2N4O/c1-14(15,16)12-6-7-17-13(18-12)21-8-11-9-4-2-3-5-10(9)19-20-11/h6-7H,2-5,8H2,1H3,(H,19,20). The summed E-state index contributed by atoms with van der Waals surface area (Å²) in [7, 11) is 0. The maximum atomic E-state index is 13.2. The molecule has 0 fully saturated rings. The first-order valence-electron chi connectivity index (χ1n) is 6.93. The van der Waals surface area contributed by atoms with Crippen molar-refractivity contribution in [1.82, 2.24) is 20.2 Å². The van der Waals surface area contributed by atoms with Gasteiger partial charge in [-0.15, -0.1) is 0 Å². The number of aromatic amines is 1. The molecule has 112 valence electrons. The molecule has 0 saturated carbocycles. The Morgan fingerprint density at radius 2 is 2.14 bits per heavy atom. The van der Waals surface area contributed by atoms with E-state index in [1.165, 1.54) is 17.8 Å². The van der Waals surface area contributed by atoms with E-state index in [4.69, 9.17) is 4.74 Å². The molecule has 0 bridgehead atoms. The highest BCUT2D eigenvalue weighted by molar-refractivity contribution is 5.27. The SMILES string of the molecule is CC(F)(F)c1ccnc(OCc2n[nH]c3c2CCCC3)n1. The highest BCUT2D eigenvalue weighted by atomic mass is 19.3. The van der Waals surface area contributed by atoms with Gasteiger partial charge in [0, 0.05) is 18.8 Å². The van der Waals surface area contributed by atoms with Crippen LogP contribution in [0.2, 0.25) is 0 Å². The van der Waals surface area contributed by atoms with E-state index < -0.39 is 5.92 Å². The van der Waals surface area contributed by atoms with E-state index in [-0.39, 0.29) is 18.3 Å². The number of halogens is 2. The van der Waals surface area contributed by atoms with E-state index in [9.17, 15) is 8.78 Å². The summed E-state index contributed by atoms with van der Waals surface area (Å²) in [6.07, 6.45) is 5.53. The Hall–Kier alpha value is -2.05. The Morgan fingerprint density at radius 3 is 2.95 bits per heavy atom. The average molecular weight is 294 g/mol. The van der Waals surface area contributed by atoms with Crippen molar-refractivity contribution in [3.63, 3.8) is 0 Å². The Labute approximate surface area is 120 Å². The number of ether oxygens (including phenoxy) is 1. The summed E-state index contributed by atoms with van der Waals surface area (Å²) < 4.78 is 31.8. The molecule has 1 N–H and O–H groups in total. The molecule has 3 rings (SSSR count). The number of aryl methyl sites for hydroxylation is 1. The summed E-state index contributed by atoms with van der Waals surface area (Å²) in [5, 5.41) is 7.24. The molecule has 1 aliphatic rings. The molecule has 0 aromatic carbocycles. The maximum absolute atomic E-state index is 13.2. The second-order valence-corrected chi connectivity index (χ2v) is 5.24. The summed E-state index contributed by atoms with van der Waals surface area (Å²) in [5.74, 6) is -3.01. The molecule has 1 aliphatic carbocycles. The monoisotopic (exact) mass is 294 g/mol. The minimum Gasteiger partial charge on any atom is -0.457 e. The fraction of sp³-hybridized carbons (Fsp3) is 0.500. The second-order valence-electron chi connectivity index (χ2n) is 5.24. The van der Waals surface area contributed by atoms with Gasteiger partial charge in [-0.3, -0.25) is 5.10 Å². The topological polar surface area (TPSA) is 63.7 Å². The molecular weight excluding hydrogens is 278 g/mol. The number of aromatic nitrogens is 4. The van der Waals surface area contributed by atoms with Crippen LogP contribution in [0, 0.1) is 0 Å². The lowest BCUT2D eigenvalue weighted by molar-refractivity contribution is 0.0118. The van der Waals surface area contributed by atoms with Gasteiger partial charge in [-0.1, -0.05) is 0 Å². The smallest absolute Gasteiger partial charge is 0.317 e. The molecule has 0 radical (unpaired) electrons. The van der Waals surface area contributed by atoms with Crippen molar-refractivity contribution < 1.29 is 13.5 Å². The highest BCUT2D eigenvalue weighted by Gasteiger charge is 2.27. The van der Waals surface area contributed by atoms with Crippen LogP contribution in [0.25, 0.3) is 0 Å². The lowest BCUT2D eigenvalue weighted by atomic mass is 9.96. The van der Waals surface area contributed by atoms with E-state index in [1.54, 1.807) is 0 Å². The van der Waals surface area contributed by atoms with Crippen LogP contribution in [0.15, 0.2) is 12.3 Å². The van der Waals surface area contributed by atoms with Gasteiger partial charge in [-0.25, -0.2) is 4.98 Å². The van der Waals surface area contributed by atoms with Crippen molar-refractivity contribution in [2.45, 2.75) is 45.1 Å². The van der Waals surface area contributed by atoms with Crippen LogP contribution < -0.4 is 4.74 Å². The number of H-pyrrole nitrogens is 1. The zero-order valence-corrected chi connectivity index (χ0v) is 11.7. The van der Waals surface area contributed by atoms with E-state index in [2.05, 4.69) is 20.2 Å². The van der Waals surface area contributed by atoms with E-state index >= 15 is 0 Å². The third-order valence-corrected chi connectivity index (χ3v) is 3.56. The number of hydrogen-bond acceptors (Lipinski definition) is 4. The highest BCUT2D eigenvalue weighted by Crippen LogP contribution is 2.26. The van der Waals surface area contributed by atoms with Crippen molar-refractivity contribution in [2.24, 2.45) is 0 Å². The molecule has 7 heteroatoms. The molecule has 0 saturated heterocycles. The van der Waals surface area contributed by atoms with Gasteiger partial charge in [-0.05, 0) is 37.3 Å². The number of alkyl halides is 2. The minimum atomic E-state index is -3.01. The molecule has 0 amide bonds. The predicted molar refractivity (Wildman–Crippen MR) is 71.2 cm³/mol. The van der Waals surface area contributed by atoms with Crippen LogP contribution in [0.5, 0.6) is 6.01 Å². The van der Waals surface area contributed by atoms with Gasteiger partial charge in [-0.2, -0.15) is 18.9 Å². The van der Waals surface area contributed by atoms with Crippen molar-refractivity contribution in [2.75, 3.05) is 0 Å². The van der Waals surface area contributed by atoms with Crippen molar-refractivity contribution in [3.05, 3.63) is 34.9 Å². The first kappa shape index (κ1) is 13.9. The largest absolute Gasteiger partial charge is 0.457 e. The normalized spacial score (nSPS) is 14.8. The number of nitrogens with zero attached hydrogens (tertiary/aromatic N) is 3. The summed E-state index contributed by atoms with van der Waals surface area (Å²) in [4.78, 5) is 7.59. The van der Waals surface area contributed by atoms with Gasteiger partial charge in [0.05, 0.1) is 0 Å². The van der Waals surface area contributed by atoms with Gasteiger partial charge in [0.25, 0.3) is 5.92 Å². The molecule has 2 aromatic heterocycles. The fourth-order valence-corrected chi connectivity index (χ4v) is 2.46. The van der Waals surface area contributed by atoms with Gasteiger partial charge in [0.2, 0.25) is 0 Å². The van der Waals surface area contributed by atoms with E-state index in [1.807, 2.05) is 0 Å². The van der Waals surface area contributed by atoms with Gasteiger partial charge in [0.15, 0.2) is 0 Å². The van der Waals surface area contributed by atoms with Crippen LogP contribution in [-0.2, 0) is 25.4 Å². The summed E-state index contributed by atoms with van der Waals surface area (Å²) in [5.41, 5.74) is 2.78. The molecular formula is C14H16F2N4O. The first-order valence-corrected chi connectivity index (χ1v) is 6.93. The molecule has 21 heavy (non-hydrogen) atoms. The van der Waals surface area contributed by atoms with Gasteiger partial charge in [0.1, 0.15) is 18.0 Å². The summed E-state index contributed by atoms with van der Waals surface area (Å²) >= 11 is 0. The van der Waals surface area contributed by atoms with Crippen molar-refractivity contribution >= 4 is 0 Å². The number of hydrogen-bond donors (Lipinski definition) is 1. The van der Waals surface area contributed by atoms with Crippen LogP contribution in [0.1, 0.15) is 42.4 Å².